The van der Waals surface area contributed by atoms with Gasteiger partial charge in [0.25, 0.3) is 0 Å². The Bertz CT molecular complexity index is 457. The summed E-state index contributed by atoms with van der Waals surface area (Å²) in [5.74, 6) is 0. The lowest BCUT2D eigenvalue weighted by Gasteiger charge is -2.33. The number of rotatable bonds is 4. The topological polar surface area (TPSA) is 49.6 Å². The second-order valence-corrected chi connectivity index (χ2v) is 5.56. The molecule has 5 heteroatoms. The van der Waals surface area contributed by atoms with Crippen LogP contribution in [0, 0.1) is 0 Å². The summed E-state index contributed by atoms with van der Waals surface area (Å²) in [6.07, 6.45) is 3.93. The number of nitrogens with two attached hydrogens (primary N) is 1. The number of piperidine rings is 1. The first-order valence-corrected chi connectivity index (χ1v) is 7.49. The Morgan fingerprint density at radius 1 is 1.20 bits per heavy atom. The highest BCUT2D eigenvalue weighted by Crippen LogP contribution is 2.18. The van der Waals surface area contributed by atoms with Crippen LogP contribution in [-0.4, -0.2) is 35.6 Å². The van der Waals surface area contributed by atoms with Crippen molar-refractivity contribution >= 4 is 28.9 Å². The lowest BCUT2D eigenvalue weighted by molar-refractivity contribution is 0.193. The van der Waals surface area contributed by atoms with Crippen molar-refractivity contribution in [2.45, 2.75) is 25.7 Å². The molecule has 0 bridgehead atoms. The molecule has 1 aromatic carbocycles. The Balaban J connectivity index is 2.12. The highest BCUT2D eigenvalue weighted by Gasteiger charge is 2.23. The van der Waals surface area contributed by atoms with Crippen LogP contribution in [0.25, 0.3) is 0 Å². The number of thiocarbonyl (C=S) groups is 1. The average molecular weight is 291 g/mol. The second-order valence-electron chi connectivity index (χ2n) is 5.03. The number of likely N-dealkylation sites (tertiary alicyclic amines) is 1. The molecule has 0 radical (unpaired) electrons. The van der Waals surface area contributed by atoms with Crippen molar-refractivity contribution in [2.24, 2.45) is 5.73 Å². The predicted molar refractivity (Wildman–Crippen MR) is 86.0 cm³/mol. The van der Waals surface area contributed by atoms with Crippen LogP contribution in [0.3, 0.4) is 0 Å². The van der Waals surface area contributed by atoms with E-state index in [2.05, 4.69) is 0 Å². The third-order valence-corrected chi connectivity index (χ3v) is 3.71. The van der Waals surface area contributed by atoms with Crippen molar-refractivity contribution in [1.29, 1.82) is 0 Å². The lowest BCUT2D eigenvalue weighted by Crippen LogP contribution is -2.46. The molecule has 1 aromatic rings. The van der Waals surface area contributed by atoms with Gasteiger partial charge in [-0.2, -0.15) is 0 Å². The monoisotopic (exact) mass is 291 g/mol. The number of amides is 2. The van der Waals surface area contributed by atoms with Gasteiger partial charge in [0.15, 0.2) is 0 Å². The van der Waals surface area contributed by atoms with Gasteiger partial charge in [-0.3, -0.25) is 4.90 Å². The summed E-state index contributed by atoms with van der Waals surface area (Å²) in [5.41, 5.74) is 6.48. The van der Waals surface area contributed by atoms with Crippen molar-refractivity contribution in [2.75, 3.05) is 24.5 Å². The normalized spacial score (nSPS) is 14.9. The fourth-order valence-electron chi connectivity index (χ4n) is 2.42. The Morgan fingerprint density at radius 3 is 2.45 bits per heavy atom. The lowest BCUT2D eigenvalue weighted by atomic mass is 10.1. The predicted octanol–water partition coefficient (Wildman–Crippen LogP) is 2.78. The minimum atomic E-state index is 0.0622. The molecule has 2 amide bonds. The molecule has 20 heavy (non-hydrogen) atoms. The number of urea groups is 1. The van der Waals surface area contributed by atoms with Gasteiger partial charge >= 0.3 is 6.03 Å². The number of nitrogens with zero attached hydrogens (tertiary/aromatic N) is 2. The number of carbonyl (C=O) groups excluding carboxylic acids is 1. The van der Waals surface area contributed by atoms with Crippen LogP contribution in [0.5, 0.6) is 0 Å². The van der Waals surface area contributed by atoms with Crippen LogP contribution < -0.4 is 10.6 Å². The summed E-state index contributed by atoms with van der Waals surface area (Å²) in [4.78, 5) is 16.8. The maximum atomic E-state index is 12.7. The van der Waals surface area contributed by atoms with Gasteiger partial charge in [-0.15, -0.1) is 0 Å². The van der Waals surface area contributed by atoms with Crippen LogP contribution >= 0.6 is 12.2 Å². The zero-order chi connectivity index (χ0) is 14.4. The molecule has 1 heterocycles. The Hall–Kier alpha value is -1.62. The maximum Gasteiger partial charge on any atom is 0.324 e. The number of hydrogen-bond acceptors (Lipinski definition) is 2. The molecule has 1 aliphatic rings. The molecule has 108 valence electrons. The number of carbonyl (C=O) groups is 1. The van der Waals surface area contributed by atoms with Gasteiger partial charge in [-0.05, 0) is 31.4 Å². The van der Waals surface area contributed by atoms with Gasteiger partial charge in [0.1, 0.15) is 0 Å². The van der Waals surface area contributed by atoms with E-state index in [1.54, 1.807) is 4.90 Å². The summed E-state index contributed by atoms with van der Waals surface area (Å²) in [5, 5.41) is 0. The van der Waals surface area contributed by atoms with Gasteiger partial charge in [0, 0.05) is 31.7 Å². The van der Waals surface area contributed by atoms with E-state index in [1.807, 2.05) is 35.2 Å². The van der Waals surface area contributed by atoms with E-state index in [9.17, 15) is 4.79 Å². The molecule has 2 rings (SSSR count). The molecular formula is C15H21N3OS. The first kappa shape index (κ1) is 14.8. The molecule has 4 nitrogen and oxygen atoms in total. The van der Waals surface area contributed by atoms with Crippen molar-refractivity contribution in [3.05, 3.63) is 30.3 Å². The van der Waals surface area contributed by atoms with E-state index in [0.29, 0.717) is 18.0 Å². The highest BCUT2D eigenvalue weighted by molar-refractivity contribution is 7.80. The zero-order valence-electron chi connectivity index (χ0n) is 11.6. The third-order valence-electron chi connectivity index (χ3n) is 3.51. The third kappa shape index (κ3) is 3.93. The van der Waals surface area contributed by atoms with Crippen LogP contribution in [0.15, 0.2) is 30.3 Å². The summed E-state index contributed by atoms with van der Waals surface area (Å²) < 4.78 is 0. The summed E-state index contributed by atoms with van der Waals surface area (Å²) in [6, 6.07) is 9.77. The van der Waals surface area contributed by atoms with Gasteiger partial charge in [-0.25, -0.2) is 4.79 Å². The van der Waals surface area contributed by atoms with Crippen LogP contribution in [0.2, 0.25) is 0 Å². The molecule has 0 aromatic heterocycles. The van der Waals surface area contributed by atoms with Crippen molar-refractivity contribution in [3.63, 3.8) is 0 Å². The minimum Gasteiger partial charge on any atom is -0.393 e. The Morgan fingerprint density at radius 2 is 1.85 bits per heavy atom. The molecule has 1 aliphatic heterocycles. The van der Waals surface area contributed by atoms with Crippen LogP contribution in [0.1, 0.15) is 25.7 Å². The Kier molecular flexibility index (Phi) is 5.35. The van der Waals surface area contributed by atoms with Crippen LogP contribution in [0.4, 0.5) is 10.5 Å². The average Bonchev–Trinajstić information content (AvgIpc) is 2.49. The van der Waals surface area contributed by atoms with E-state index < -0.39 is 0 Å². The number of anilines is 1. The smallest absolute Gasteiger partial charge is 0.324 e. The summed E-state index contributed by atoms with van der Waals surface area (Å²) >= 11 is 4.93. The molecule has 2 N–H and O–H groups in total. The fourth-order valence-corrected chi connectivity index (χ4v) is 2.51. The fraction of sp³-hybridized carbons (Fsp3) is 0.467. The van der Waals surface area contributed by atoms with E-state index >= 15 is 0 Å². The SMILES string of the molecule is NC(=S)CCN(C(=O)N1CCCCC1)c1ccccc1. The molecule has 0 unspecified atom stereocenters. The highest BCUT2D eigenvalue weighted by atomic mass is 32.1. The van der Waals surface area contributed by atoms with Crippen LogP contribution in [-0.2, 0) is 0 Å². The maximum absolute atomic E-state index is 12.7. The van der Waals surface area contributed by atoms with E-state index in [-0.39, 0.29) is 6.03 Å². The van der Waals surface area contributed by atoms with E-state index in [1.165, 1.54) is 6.42 Å². The quantitative estimate of drug-likeness (QED) is 0.868. The summed E-state index contributed by atoms with van der Waals surface area (Å²) in [6.45, 7) is 2.22. The molecule has 0 atom stereocenters. The van der Waals surface area contributed by atoms with E-state index in [4.69, 9.17) is 18.0 Å². The zero-order valence-corrected chi connectivity index (χ0v) is 12.4. The molecule has 1 fully saturated rings. The molecule has 0 spiro atoms. The molecular weight excluding hydrogens is 270 g/mol. The largest absolute Gasteiger partial charge is 0.393 e. The standard InChI is InChI=1S/C15H21N3OS/c16-14(20)9-12-18(13-7-3-1-4-8-13)15(19)17-10-5-2-6-11-17/h1,3-4,7-8H,2,5-6,9-12H2,(H2,16,20). The first-order chi connectivity index (χ1) is 9.68. The van der Waals surface area contributed by atoms with Gasteiger partial charge in [0.2, 0.25) is 0 Å². The molecule has 0 saturated carbocycles. The summed E-state index contributed by atoms with van der Waals surface area (Å²) in [7, 11) is 0. The Labute approximate surface area is 125 Å². The van der Waals surface area contributed by atoms with Crippen molar-refractivity contribution in [1.82, 2.24) is 4.90 Å². The first-order valence-electron chi connectivity index (χ1n) is 7.08. The van der Waals surface area contributed by atoms with E-state index in [0.717, 1.165) is 31.6 Å². The number of para-hydroxylation sites is 1. The minimum absolute atomic E-state index is 0.0622. The number of benzene rings is 1. The molecule has 0 aliphatic carbocycles. The van der Waals surface area contributed by atoms with Gasteiger partial charge < -0.3 is 10.6 Å². The van der Waals surface area contributed by atoms with Crippen molar-refractivity contribution in [3.8, 4) is 0 Å². The van der Waals surface area contributed by atoms with Crippen molar-refractivity contribution < 1.29 is 4.79 Å². The number of hydrogen-bond donors (Lipinski definition) is 1. The van der Waals surface area contributed by atoms with Gasteiger partial charge in [-0.1, -0.05) is 30.4 Å². The van der Waals surface area contributed by atoms with Gasteiger partial charge in [0.05, 0.1) is 4.99 Å². The molecule has 1 saturated heterocycles. The second kappa shape index (κ2) is 7.24.